The maximum Gasteiger partial charge on any atom is 0.121 e. The zero-order valence-corrected chi connectivity index (χ0v) is 20.8. The second-order valence-corrected chi connectivity index (χ2v) is 9.95. The van der Waals surface area contributed by atoms with Crippen molar-refractivity contribution in [1.82, 2.24) is 0 Å². The van der Waals surface area contributed by atoms with Crippen molar-refractivity contribution < 1.29 is 0 Å². The summed E-state index contributed by atoms with van der Waals surface area (Å²) in [5.41, 5.74) is 7.14. The van der Waals surface area contributed by atoms with Crippen LogP contribution in [0.1, 0.15) is 16.7 Å². The third-order valence-electron chi connectivity index (χ3n) is 5.87. The minimum atomic E-state index is 0.687. The maximum absolute atomic E-state index is 2.28. The van der Waals surface area contributed by atoms with Crippen LogP contribution in [0.4, 0.5) is 17.1 Å². The van der Waals surface area contributed by atoms with E-state index in [2.05, 4.69) is 157 Å². The molecule has 0 atom stereocenters. The molecular weight excluding hydrogens is 438 g/mol. The lowest BCUT2D eigenvalue weighted by molar-refractivity contribution is 1.28. The molecule has 0 N–H and O–H groups in total. The zero-order valence-electron chi connectivity index (χ0n) is 19.8. The lowest BCUT2D eigenvalue weighted by Crippen LogP contribution is -2.26. The number of nitrogens with zero attached hydrogens (tertiary/aromatic N) is 1. The Hall–Kier alpha value is -4.14. The summed E-state index contributed by atoms with van der Waals surface area (Å²) in [5.74, 6) is 0. The Balaban J connectivity index is 1.31. The highest BCUT2D eigenvalue weighted by atomic mass is 28.2. The molecule has 0 aliphatic rings. The predicted molar refractivity (Wildman–Crippen MR) is 153 cm³/mol. The predicted octanol–water partition coefficient (Wildman–Crippen LogP) is 7.29. The number of benzene rings is 5. The van der Waals surface area contributed by atoms with Gasteiger partial charge in [0.05, 0.1) is 0 Å². The molecule has 5 aromatic carbocycles. The van der Waals surface area contributed by atoms with Crippen LogP contribution < -0.4 is 15.3 Å². The fraction of sp³-hybridized carbons (Fsp3) is 0.0303. The van der Waals surface area contributed by atoms with E-state index in [1.807, 2.05) is 0 Å². The Morgan fingerprint density at radius 3 is 1.54 bits per heavy atom. The van der Waals surface area contributed by atoms with Gasteiger partial charge >= 0.3 is 0 Å². The summed E-state index contributed by atoms with van der Waals surface area (Å²) in [7, 11) is 0.687. The van der Waals surface area contributed by atoms with Crippen LogP contribution in [0.5, 0.6) is 0 Å². The second-order valence-electron chi connectivity index (χ2n) is 8.55. The molecule has 2 heteroatoms. The van der Waals surface area contributed by atoms with Crippen molar-refractivity contribution in [1.29, 1.82) is 0 Å². The van der Waals surface area contributed by atoms with Gasteiger partial charge in [0.2, 0.25) is 0 Å². The quantitative estimate of drug-likeness (QED) is 0.180. The fourth-order valence-corrected chi connectivity index (χ4v) is 5.24. The number of hydrogen-bond donors (Lipinski definition) is 0. The van der Waals surface area contributed by atoms with E-state index in [4.69, 9.17) is 0 Å². The number of hydrogen-bond acceptors (Lipinski definition) is 1. The molecule has 0 heterocycles. The van der Waals surface area contributed by atoms with Crippen molar-refractivity contribution in [3.05, 3.63) is 150 Å². The molecule has 0 saturated carbocycles. The largest absolute Gasteiger partial charge is 0.311 e. The molecule has 35 heavy (non-hydrogen) atoms. The SMILES string of the molecule is Cc1cccc([Si]c2ccc(/C=C/c3ccc(N(c4ccccc4)c4ccccc4)cc3)cc2)c1. The Kier molecular flexibility index (Phi) is 7.02. The number of rotatable bonds is 7. The fourth-order valence-electron chi connectivity index (χ4n) is 4.10. The van der Waals surface area contributed by atoms with Gasteiger partial charge in [-0.3, -0.25) is 0 Å². The van der Waals surface area contributed by atoms with Crippen LogP contribution in [-0.2, 0) is 0 Å². The van der Waals surface area contributed by atoms with Gasteiger partial charge in [-0.15, -0.1) is 0 Å². The molecule has 5 rings (SSSR count). The molecule has 168 valence electrons. The lowest BCUT2D eigenvalue weighted by atomic mass is 10.1. The molecule has 0 aliphatic carbocycles. The van der Waals surface area contributed by atoms with Crippen molar-refractivity contribution in [2.45, 2.75) is 6.92 Å². The van der Waals surface area contributed by atoms with Crippen molar-refractivity contribution in [2.75, 3.05) is 4.90 Å². The molecule has 0 bridgehead atoms. The minimum absolute atomic E-state index is 0.687. The highest BCUT2D eigenvalue weighted by Crippen LogP contribution is 2.34. The Labute approximate surface area is 210 Å². The first kappa shape index (κ1) is 22.6. The second kappa shape index (κ2) is 10.9. The third kappa shape index (κ3) is 5.86. The Morgan fingerprint density at radius 2 is 1.00 bits per heavy atom. The van der Waals surface area contributed by atoms with E-state index in [-0.39, 0.29) is 0 Å². The van der Waals surface area contributed by atoms with Crippen molar-refractivity contribution in [2.24, 2.45) is 0 Å². The average molecular weight is 466 g/mol. The van der Waals surface area contributed by atoms with E-state index in [9.17, 15) is 0 Å². The molecule has 2 radical (unpaired) electrons. The topological polar surface area (TPSA) is 3.24 Å². The van der Waals surface area contributed by atoms with Gasteiger partial charge in [0.15, 0.2) is 0 Å². The molecule has 0 saturated heterocycles. The van der Waals surface area contributed by atoms with Crippen LogP contribution >= 0.6 is 0 Å². The average Bonchev–Trinajstić information content (AvgIpc) is 2.91. The van der Waals surface area contributed by atoms with Gasteiger partial charge in [0.25, 0.3) is 0 Å². The Bertz CT molecular complexity index is 1350. The molecule has 5 aromatic rings. The third-order valence-corrected chi connectivity index (χ3v) is 7.09. The maximum atomic E-state index is 2.28. The molecule has 0 amide bonds. The smallest absolute Gasteiger partial charge is 0.121 e. The van der Waals surface area contributed by atoms with Gasteiger partial charge in [0, 0.05) is 17.1 Å². The van der Waals surface area contributed by atoms with Crippen LogP contribution in [0, 0.1) is 6.92 Å². The number of aryl methyl sites for hydroxylation is 1. The molecule has 0 unspecified atom stereocenters. The summed E-state index contributed by atoms with van der Waals surface area (Å²) in [4.78, 5) is 2.28. The summed E-state index contributed by atoms with van der Waals surface area (Å²) in [6.45, 7) is 2.15. The summed E-state index contributed by atoms with van der Waals surface area (Å²) in [6.07, 6.45) is 4.36. The zero-order chi connectivity index (χ0) is 23.9. The first-order valence-electron chi connectivity index (χ1n) is 11.9. The van der Waals surface area contributed by atoms with Crippen molar-refractivity contribution in [3.8, 4) is 0 Å². The summed E-state index contributed by atoms with van der Waals surface area (Å²) < 4.78 is 0. The minimum Gasteiger partial charge on any atom is -0.311 e. The van der Waals surface area contributed by atoms with E-state index in [0.717, 1.165) is 17.1 Å². The first-order chi connectivity index (χ1) is 17.2. The van der Waals surface area contributed by atoms with Crippen molar-refractivity contribution >= 4 is 49.1 Å². The number of anilines is 3. The van der Waals surface area contributed by atoms with Crippen LogP contribution in [-0.4, -0.2) is 9.52 Å². The van der Waals surface area contributed by atoms with Crippen LogP contribution in [0.25, 0.3) is 12.2 Å². The highest BCUT2D eigenvalue weighted by Gasteiger charge is 2.11. The first-order valence-corrected chi connectivity index (χ1v) is 12.9. The van der Waals surface area contributed by atoms with E-state index in [1.165, 1.54) is 27.1 Å². The Morgan fingerprint density at radius 1 is 0.486 bits per heavy atom. The monoisotopic (exact) mass is 465 g/mol. The normalized spacial score (nSPS) is 11.0. The van der Waals surface area contributed by atoms with E-state index in [0.29, 0.717) is 9.52 Å². The van der Waals surface area contributed by atoms with Gasteiger partial charge in [-0.2, -0.15) is 0 Å². The van der Waals surface area contributed by atoms with Gasteiger partial charge in [-0.25, -0.2) is 0 Å². The van der Waals surface area contributed by atoms with Crippen LogP contribution in [0.15, 0.2) is 133 Å². The van der Waals surface area contributed by atoms with E-state index in [1.54, 1.807) is 0 Å². The standard InChI is InChI=1S/C33H27NSi/c1-26-9-8-14-33(25-26)35-32-23-19-28(20-24-32)16-15-27-17-21-31(22-18-27)34(29-10-4-2-5-11-29)30-12-6-3-7-13-30/h2-25H,1H3/b16-15+. The summed E-state index contributed by atoms with van der Waals surface area (Å²) in [6, 6.07) is 47.4. The summed E-state index contributed by atoms with van der Waals surface area (Å²) in [5, 5.41) is 2.74. The van der Waals surface area contributed by atoms with Gasteiger partial charge < -0.3 is 4.90 Å². The molecule has 0 spiro atoms. The molecular formula is C33H27NSi. The van der Waals surface area contributed by atoms with Crippen LogP contribution in [0.3, 0.4) is 0 Å². The van der Waals surface area contributed by atoms with E-state index < -0.39 is 0 Å². The van der Waals surface area contributed by atoms with Gasteiger partial charge in [0.1, 0.15) is 9.52 Å². The van der Waals surface area contributed by atoms with Crippen molar-refractivity contribution in [3.63, 3.8) is 0 Å². The van der Waals surface area contributed by atoms with Gasteiger partial charge in [-0.05, 0) is 54.4 Å². The summed E-state index contributed by atoms with van der Waals surface area (Å²) >= 11 is 0. The van der Waals surface area contributed by atoms with Crippen LogP contribution in [0.2, 0.25) is 0 Å². The van der Waals surface area contributed by atoms with E-state index >= 15 is 0 Å². The van der Waals surface area contributed by atoms with Gasteiger partial charge in [-0.1, -0.05) is 125 Å². The molecule has 0 aromatic heterocycles. The highest BCUT2D eigenvalue weighted by molar-refractivity contribution is 6.67. The molecule has 0 aliphatic heterocycles. The molecule has 1 nitrogen and oxygen atoms in total. The molecule has 0 fully saturated rings. The lowest BCUT2D eigenvalue weighted by Gasteiger charge is -2.25. The number of para-hydroxylation sites is 2.